The van der Waals surface area contributed by atoms with E-state index in [4.69, 9.17) is 0 Å². The highest BCUT2D eigenvalue weighted by atomic mass is 32.2. The van der Waals surface area contributed by atoms with Crippen molar-refractivity contribution in [3.05, 3.63) is 11.5 Å². The monoisotopic (exact) mass is 199 g/mol. The van der Waals surface area contributed by atoms with Gasteiger partial charge in [0.25, 0.3) is 0 Å². The van der Waals surface area contributed by atoms with Gasteiger partial charge < -0.3 is 0 Å². The Labute approximate surface area is 86.7 Å². The Bertz CT molecular complexity index is 173. The maximum absolute atomic E-state index is 4.13. The van der Waals surface area contributed by atoms with Gasteiger partial charge in [0.1, 0.15) is 0 Å². The Morgan fingerprint density at radius 2 is 1.85 bits per heavy atom. The number of nitrogens with zero attached hydrogens (tertiary/aromatic N) is 1. The summed E-state index contributed by atoms with van der Waals surface area (Å²) in [6.45, 7) is 6.06. The van der Waals surface area contributed by atoms with Crippen LogP contribution in [0.25, 0.3) is 0 Å². The van der Waals surface area contributed by atoms with E-state index in [2.05, 4.69) is 24.8 Å². The lowest BCUT2D eigenvalue weighted by Gasteiger charge is -2.02. The Balaban J connectivity index is 3.22. The van der Waals surface area contributed by atoms with Crippen molar-refractivity contribution < 1.29 is 0 Å². The molecule has 0 atom stereocenters. The van der Waals surface area contributed by atoms with E-state index in [1.165, 1.54) is 36.3 Å². The van der Waals surface area contributed by atoms with Crippen LogP contribution >= 0.6 is 11.8 Å². The zero-order chi connectivity index (χ0) is 10.1. The summed E-state index contributed by atoms with van der Waals surface area (Å²) < 4.78 is 0. The number of aliphatic imine (C=N–C) groups is 1. The third kappa shape index (κ3) is 8.10. The molecule has 0 spiro atoms. The summed E-state index contributed by atoms with van der Waals surface area (Å²) in [5, 5.41) is 0. The molecule has 0 saturated carbocycles. The molecule has 0 aliphatic rings. The largest absolute Gasteiger partial charge is 0.298 e. The molecular weight excluding hydrogens is 178 g/mol. The fraction of sp³-hybridized carbons (Fsp3) is 0.727. The predicted octanol–water partition coefficient (Wildman–Crippen LogP) is 3.90. The van der Waals surface area contributed by atoms with Crippen molar-refractivity contribution in [3.8, 4) is 0 Å². The van der Waals surface area contributed by atoms with Gasteiger partial charge in [-0.05, 0) is 43.8 Å². The topological polar surface area (TPSA) is 12.4 Å². The van der Waals surface area contributed by atoms with Crippen LogP contribution in [-0.4, -0.2) is 19.0 Å². The molecule has 0 fully saturated rings. The summed E-state index contributed by atoms with van der Waals surface area (Å²) in [5.74, 6) is 0. The maximum Gasteiger partial charge on any atom is 0.0276 e. The van der Waals surface area contributed by atoms with E-state index in [1.807, 2.05) is 7.05 Å². The number of rotatable bonds is 7. The summed E-state index contributed by atoms with van der Waals surface area (Å²) in [5.41, 5.74) is 1.27. The highest BCUT2D eigenvalue weighted by Crippen LogP contribution is 2.17. The lowest BCUT2D eigenvalue weighted by molar-refractivity contribution is 0.703. The first-order valence-electron chi connectivity index (χ1n) is 4.84. The summed E-state index contributed by atoms with van der Waals surface area (Å²) in [7, 11) is 1.87. The van der Waals surface area contributed by atoms with Crippen molar-refractivity contribution in [2.24, 2.45) is 4.99 Å². The molecule has 1 nitrogen and oxygen atoms in total. The van der Waals surface area contributed by atoms with Crippen LogP contribution in [0.2, 0.25) is 0 Å². The van der Waals surface area contributed by atoms with Crippen molar-refractivity contribution in [2.45, 2.75) is 39.0 Å². The summed E-state index contributed by atoms with van der Waals surface area (Å²) in [6, 6.07) is 0. The highest BCUT2D eigenvalue weighted by Gasteiger charge is 1.94. The zero-order valence-electron chi connectivity index (χ0n) is 9.10. The van der Waals surface area contributed by atoms with Crippen LogP contribution in [0.3, 0.4) is 0 Å². The molecule has 0 heterocycles. The SMILES string of the molecule is C=C(CCCCCC(C)=NC)SC. The molecule has 2 heteroatoms. The smallest absolute Gasteiger partial charge is 0.0276 e. The Morgan fingerprint density at radius 1 is 1.23 bits per heavy atom. The van der Waals surface area contributed by atoms with E-state index in [9.17, 15) is 0 Å². The molecule has 0 aliphatic heterocycles. The van der Waals surface area contributed by atoms with Gasteiger partial charge in [0.15, 0.2) is 0 Å². The maximum atomic E-state index is 4.13. The highest BCUT2D eigenvalue weighted by molar-refractivity contribution is 8.02. The van der Waals surface area contributed by atoms with Gasteiger partial charge in [0, 0.05) is 12.8 Å². The number of hydrogen-bond donors (Lipinski definition) is 0. The van der Waals surface area contributed by atoms with Crippen LogP contribution in [-0.2, 0) is 0 Å². The van der Waals surface area contributed by atoms with E-state index in [-0.39, 0.29) is 0 Å². The van der Waals surface area contributed by atoms with E-state index in [1.54, 1.807) is 11.8 Å². The molecular formula is C11H21NS. The van der Waals surface area contributed by atoms with Gasteiger partial charge in [-0.2, -0.15) is 0 Å². The van der Waals surface area contributed by atoms with E-state index in [0.717, 1.165) is 6.42 Å². The minimum Gasteiger partial charge on any atom is -0.298 e. The van der Waals surface area contributed by atoms with Crippen LogP contribution < -0.4 is 0 Å². The third-order valence-corrected chi connectivity index (χ3v) is 2.95. The molecule has 0 unspecified atom stereocenters. The molecule has 0 aromatic heterocycles. The van der Waals surface area contributed by atoms with Gasteiger partial charge in [-0.15, -0.1) is 11.8 Å². The van der Waals surface area contributed by atoms with Crippen LogP contribution in [0.1, 0.15) is 39.0 Å². The summed E-state index contributed by atoms with van der Waals surface area (Å²) in [4.78, 5) is 5.44. The number of hydrogen-bond acceptors (Lipinski definition) is 2. The lowest BCUT2D eigenvalue weighted by Crippen LogP contribution is -1.90. The average Bonchev–Trinajstić information content (AvgIpc) is 2.16. The van der Waals surface area contributed by atoms with Crippen molar-refractivity contribution in [1.29, 1.82) is 0 Å². The molecule has 0 N–H and O–H groups in total. The fourth-order valence-electron chi connectivity index (χ4n) is 1.09. The van der Waals surface area contributed by atoms with Gasteiger partial charge in [0.2, 0.25) is 0 Å². The molecule has 13 heavy (non-hydrogen) atoms. The first-order chi connectivity index (χ1) is 6.20. The molecule has 76 valence electrons. The van der Waals surface area contributed by atoms with E-state index in [0.29, 0.717) is 0 Å². The Morgan fingerprint density at radius 3 is 2.38 bits per heavy atom. The Kier molecular flexibility index (Phi) is 8.21. The number of unbranched alkanes of at least 4 members (excludes halogenated alkanes) is 2. The molecule has 0 aromatic rings. The summed E-state index contributed by atoms with van der Waals surface area (Å²) >= 11 is 1.78. The fourth-order valence-corrected chi connectivity index (χ4v) is 1.44. The molecule has 0 saturated heterocycles. The second kappa shape index (κ2) is 8.36. The quantitative estimate of drug-likeness (QED) is 0.447. The molecule has 0 rings (SSSR count). The zero-order valence-corrected chi connectivity index (χ0v) is 9.91. The lowest BCUT2D eigenvalue weighted by atomic mass is 10.1. The molecule has 0 amide bonds. The van der Waals surface area contributed by atoms with Crippen LogP contribution in [0.15, 0.2) is 16.5 Å². The standard InChI is InChI=1S/C11H21NS/c1-10(12-3)8-6-5-7-9-11(2)13-4/h2,5-9H2,1,3-4H3. The van der Waals surface area contributed by atoms with Crippen molar-refractivity contribution in [1.82, 2.24) is 0 Å². The van der Waals surface area contributed by atoms with Gasteiger partial charge in [-0.25, -0.2) is 0 Å². The first kappa shape index (κ1) is 12.8. The van der Waals surface area contributed by atoms with Crippen LogP contribution in [0, 0.1) is 0 Å². The summed E-state index contributed by atoms with van der Waals surface area (Å²) in [6.07, 6.45) is 8.26. The van der Waals surface area contributed by atoms with Gasteiger partial charge in [-0.1, -0.05) is 13.0 Å². The number of thioether (sulfide) groups is 1. The Hall–Kier alpha value is -0.240. The molecule has 0 aliphatic carbocycles. The molecule has 0 bridgehead atoms. The minimum absolute atomic E-state index is 1.16. The van der Waals surface area contributed by atoms with Gasteiger partial charge >= 0.3 is 0 Å². The third-order valence-electron chi connectivity index (χ3n) is 2.16. The van der Waals surface area contributed by atoms with Crippen LogP contribution in [0.4, 0.5) is 0 Å². The molecule has 0 aromatic carbocycles. The van der Waals surface area contributed by atoms with Crippen LogP contribution in [0.5, 0.6) is 0 Å². The average molecular weight is 199 g/mol. The second-order valence-electron chi connectivity index (χ2n) is 3.26. The first-order valence-corrected chi connectivity index (χ1v) is 6.07. The van der Waals surface area contributed by atoms with E-state index < -0.39 is 0 Å². The number of allylic oxidation sites excluding steroid dienone is 1. The van der Waals surface area contributed by atoms with Crippen molar-refractivity contribution in [2.75, 3.05) is 13.3 Å². The normalized spacial score (nSPS) is 11.8. The minimum atomic E-state index is 1.16. The van der Waals surface area contributed by atoms with Gasteiger partial charge in [-0.3, -0.25) is 4.99 Å². The van der Waals surface area contributed by atoms with Gasteiger partial charge in [0.05, 0.1) is 0 Å². The van der Waals surface area contributed by atoms with Crippen molar-refractivity contribution in [3.63, 3.8) is 0 Å². The van der Waals surface area contributed by atoms with Crippen molar-refractivity contribution >= 4 is 17.5 Å². The van der Waals surface area contributed by atoms with E-state index >= 15 is 0 Å². The predicted molar refractivity (Wildman–Crippen MR) is 64.8 cm³/mol. The second-order valence-corrected chi connectivity index (χ2v) is 4.25. The molecule has 0 radical (unpaired) electrons.